The molecule has 7 heteroatoms. The fraction of sp³-hybridized carbons (Fsp3) is 0.278. The zero-order chi connectivity index (χ0) is 16.8. The van der Waals surface area contributed by atoms with Crippen LogP contribution in [0.3, 0.4) is 0 Å². The lowest BCUT2D eigenvalue weighted by Crippen LogP contribution is -2.40. The number of ether oxygens (including phenoxy) is 1. The number of hydrogen-bond donors (Lipinski definition) is 1. The molecule has 25 heavy (non-hydrogen) atoms. The van der Waals surface area contributed by atoms with Gasteiger partial charge in [-0.05, 0) is 31.0 Å². The number of nitrogens with zero attached hydrogens (tertiary/aromatic N) is 5. The summed E-state index contributed by atoms with van der Waals surface area (Å²) in [6.07, 6.45) is 12.0. The Morgan fingerprint density at radius 3 is 2.96 bits per heavy atom. The van der Waals surface area contributed by atoms with Gasteiger partial charge in [-0.3, -0.25) is 0 Å². The lowest BCUT2D eigenvalue weighted by Gasteiger charge is -2.34. The summed E-state index contributed by atoms with van der Waals surface area (Å²) in [5.74, 6) is 0.652. The molecule has 1 aliphatic carbocycles. The third-order valence-electron chi connectivity index (χ3n) is 4.88. The Morgan fingerprint density at radius 1 is 1.16 bits per heavy atom. The molecule has 7 nitrogen and oxygen atoms in total. The molecule has 4 aromatic rings. The maximum Gasteiger partial charge on any atom is 0.241 e. The predicted octanol–water partition coefficient (Wildman–Crippen LogP) is 2.63. The van der Waals surface area contributed by atoms with Gasteiger partial charge < -0.3 is 14.5 Å². The smallest absolute Gasteiger partial charge is 0.241 e. The molecule has 4 aromatic heterocycles. The third kappa shape index (κ3) is 2.44. The zero-order valence-corrected chi connectivity index (χ0v) is 13.8. The van der Waals surface area contributed by atoms with Crippen LogP contribution in [-0.4, -0.2) is 43.2 Å². The van der Waals surface area contributed by atoms with Gasteiger partial charge in [0, 0.05) is 49.1 Å². The first-order valence-electron chi connectivity index (χ1n) is 8.37. The van der Waals surface area contributed by atoms with Gasteiger partial charge in [0.1, 0.15) is 5.65 Å². The molecule has 0 atom stereocenters. The molecule has 1 aliphatic rings. The topological polar surface area (TPSA) is 68.8 Å². The highest BCUT2D eigenvalue weighted by Gasteiger charge is 2.29. The van der Waals surface area contributed by atoms with E-state index in [1.807, 2.05) is 33.6 Å². The van der Waals surface area contributed by atoms with Crippen LogP contribution < -0.4 is 5.32 Å². The van der Waals surface area contributed by atoms with Crippen LogP contribution in [0.15, 0.2) is 49.2 Å². The van der Waals surface area contributed by atoms with Crippen molar-refractivity contribution >= 4 is 17.1 Å². The van der Waals surface area contributed by atoms with Crippen LogP contribution >= 0.6 is 0 Å². The molecule has 1 saturated carbocycles. The summed E-state index contributed by atoms with van der Waals surface area (Å²) in [4.78, 5) is 8.77. The molecule has 1 N–H and O–H groups in total. The van der Waals surface area contributed by atoms with Gasteiger partial charge in [0.2, 0.25) is 5.95 Å². The van der Waals surface area contributed by atoms with Gasteiger partial charge in [0.05, 0.1) is 17.8 Å². The number of hydrogen-bond acceptors (Lipinski definition) is 5. The Labute approximate surface area is 144 Å². The predicted molar refractivity (Wildman–Crippen MR) is 94.6 cm³/mol. The molecule has 5 rings (SSSR count). The van der Waals surface area contributed by atoms with Crippen molar-refractivity contribution in [2.45, 2.75) is 25.0 Å². The molecule has 4 heterocycles. The summed E-state index contributed by atoms with van der Waals surface area (Å²) in [6.45, 7) is 0. The summed E-state index contributed by atoms with van der Waals surface area (Å²) in [5.41, 5.74) is 4.13. The molecule has 0 radical (unpaired) electrons. The summed E-state index contributed by atoms with van der Waals surface area (Å²) in [5, 5.41) is 7.95. The minimum atomic E-state index is 0.359. The SMILES string of the molecule is COC1CC(Nc2ncc3c(-c4ccc5nccn5c4)ccn3n2)C1. The Balaban J connectivity index is 1.45. The average molecular weight is 334 g/mol. The van der Waals surface area contributed by atoms with Crippen LogP contribution in [0.5, 0.6) is 0 Å². The van der Waals surface area contributed by atoms with Crippen molar-refractivity contribution in [3.8, 4) is 11.1 Å². The van der Waals surface area contributed by atoms with E-state index in [0.717, 1.165) is 35.1 Å². The highest BCUT2D eigenvalue weighted by Crippen LogP contribution is 2.27. The van der Waals surface area contributed by atoms with Crippen molar-refractivity contribution in [1.82, 2.24) is 24.0 Å². The van der Waals surface area contributed by atoms with Crippen molar-refractivity contribution in [2.75, 3.05) is 12.4 Å². The molecule has 0 aromatic carbocycles. The van der Waals surface area contributed by atoms with Crippen LogP contribution in [-0.2, 0) is 4.74 Å². The van der Waals surface area contributed by atoms with E-state index in [-0.39, 0.29) is 0 Å². The number of nitrogens with one attached hydrogen (secondary N) is 1. The summed E-state index contributed by atoms with van der Waals surface area (Å²) in [7, 11) is 1.76. The van der Waals surface area contributed by atoms with Crippen LogP contribution in [0, 0.1) is 0 Å². The number of imidazole rings is 1. The monoisotopic (exact) mass is 334 g/mol. The van der Waals surface area contributed by atoms with Crippen LogP contribution in [0.1, 0.15) is 12.8 Å². The van der Waals surface area contributed by atoms with Gasteiger partial charge in [-0.1, -0.05) is 0 Å². The lowest BCUT2D eigenvalue weighted by atomic mass is 9.89. The van der Waals surface area contributed by atoms with Crippen LogP contribution in [0.2, 0.25) is 0 Å². The number of aromatic nitrogens is 5. The van der Waals surface area contributed by atoms with E-state index in [1.54, 1.807) is 13.3 Å². The van der Waals surface area contributed by atoms with Gasteiger partial charge in [0.25, 0.3) is 0 Å². The number of anilines is 1. The quantitative estimate of drug-likeness (QED) is 0.621. The second-order valence-electron chi connectivity index (χ2n) is 6.42. The first-order valence-corrected chi connectivity index (χ1v) is 8.37. The first-order chi connectivity index (χ1) is 12.3. The molecule has 1 fully saturated rings. The summed E-state index contributed by atoms with van der Waals surface area (Å²) >= 11 is 0. The molecular weight excluding hydrogens is 316 g/mol. The average Bonchev–Trinajstić information content (AvgIpc) is 3.23. The largest absolute Gasteiger partial charge is 0.381 e. The maximum absolute atomic E-state index is 5.31. The Bertz CT molecular complexity index is 1050. The Kier molecular flexibility index (Phi) is 3.21. The number of rotatable bonds is 4. The van der Waals surface area contributed by atoms with Crippen LogP contribution in [0.4, 0.5) is 5.95 Å². The molecule has 0 spiro atoms. The van der Waals surface area contributed by atoms with Gasteiger partial charge in [0.15, 0.2) is 0 Å². The summed E-state index contributed by atoms with van der Waals surface area (Å²) in [6, 6.07) is 6.54. The summed E-state index contributed by atoms with van der Waals surface area (Å²) < 4.78 is 9.19. The van der Waals surface area contributed by atoms with Crippen molar-refractivity contribution in [3.63, 3.8) is 0 Å². The van der Waals surface area contributed by atoms with Gasteiger partial charge in [-0.2, -0.15) is 0 Å². The highest BCUT2D eigenvalue weighted by atomic mass is 16.5. The number of pyridine rings is 1. The van der Waals surface area contributed by atoms with Crippen molar-refractivity contribution in [3.05, 3.63) is 49.2 Å². The van der Waals surface area contributed by atoms with E-state index in [0.29, 0.717) is 18.1 Å². The van der Waals surface area contributed by atoms with E-state index in [9.17, 15) is 0 Å². The normalized spacial score (nSPS) is 20.0. The van der Waals surface area contributed by atoms with Crippen LogP contribution in [0.25, 0.3) is 22.3 Å². The van der Waals surface area contributed by atoms with E-state index >= 15 is 0 Å². The third-order valence-corrected chi connectivity index (χ3v) is 4.88. The molecular formula is C18H18N6O. The second-order valence-corrected chi connectivity index (χ2v) is 6.42. The van der Waals surface area contributed by atoms with E-state index in [1.165, 1.54) is 0 Å². The second kappa shape index (κ2) is 5.56. The fourth-order valence-electron chi connectivity index (χ4n) is 3.35. The van der Waals surface area contributed by atoms with E-state index in [4.69, 9.17) is 4.74 Å². The minimum Gasteiger partial charge on any atom is -0.381 e. The lowest BCUT2D eigenvalue weighted by molar-refractivity contribution is 0.0326. The van der Waals surface area contributed by atoms with Crippen molar-refractivity contribution < 1.29 is 4.74 Å². The molecule has 126 valence electrons. The van der Waals surface area contributed by atoms with Crippen molar-refractivity contribution in [2.24, 2.45) is 0 Å². The Morgan fingerprint density at radius 2 is 2.08 bits per heavy atom. The van der Waals surface area contributed by atoms with Gasteiger partial charge in [-0.25, -0.2) is 14.5 Å². The Hall–Kier alpha value is -2.93. The molecule has 0 saturated heterocycles. The van der Waals surface area contributed by atoms with E-state index in [2.05, 4.69) is 38.7 Å². The number of methoxy groups -OCH3 is 1. The van der Waals surface area contributed by atoms with Gasteiger partial charge >= 0.3 is 0 Å². The fourth-order valence-corrected chi connectivity index (χ4v) is 3.35. The maximum atomic E-state index is 5.31. The standard InChI is InChI=1S/C18H18N6O/c1-25-14-8-13(9-14)21-18-20-10-16-15(4-6-24(16)22-18)12-2-3-17-19-5-7-23(17)11-12/h2-7,10-11,13-14H,8-9H2,1H3,(H,21,22). The molecule has 0 bridgehead atoms. The number of fused-ring (bicyclic) bond motifs is 2. The van der Waals surface area contributed by atoms with Crippen molar-refractivity contribution in [1.29, 1.82) is 0 Å². The van der Waals surface area contributed by atoms with Gasteiger partial charge in [-0.15, -0.1) is 5.10 Å². The molecule has 0 amide bonds. The molecule has 0 unspecified atom stereocenters. The van der Waals surface area contributed by atoms with E-state index < -0.39 is 0 Å². The zero-order valence-electron chi connectivity index (χ0n) is 13.8. The molecule has 0 aliphatic heterocycles. The minimum absolute atomic E-state index is 0.359. The first kappa shape index (κ1) is 14.4. The highest BCUT2D eigenvalue weighted by molar-refractivity contribution is 5.80.